The molecule has 3 aliphatic rings. The maximum Gasteiger partial charge on any atom is 0.127 e. The monoisotopic (exact) mass is 355 g/mol. The smallest absolute Gasteiger partial charge is 0.127 e. The van der Waals surface area contributed by atoms with Gasteiger partial charge in [-0.1, -0.05) is 6.07 Å². The van der Waals surface area contributed by atoms with Crippen LogP contribution in [0.2, 0.25) is 0 Å². The molecule has 0 saturated carbocycles. The molecule has 2 unspecified atom stereocenters. The number of hydrogen-bond donors (Lipinski definition) is 0. The minimum absolute atomic E-state index is 0.142. The average Bonchev–Trinajstić information content (AvgIpc) is 2.95. The van der Waals surface area contributed by atoms with Crippen molar-refractivity contribution in [1.29, 1.82) is 0 Å². The number of methoxy groups -OCH3 is 1. The summed E-state index contributed by atoms with van der Waals surface area (Å²) < 4.78 is 19.5. The average molecular weight is 355 g/mol. The van der Waals surface area contributed by atoms with Crippen LogP contribution in [0.15, 0.2) is 42.6 Å². The first-order valence-electron chi connectivity index (χ1n) is 9.40. The fourth-order valence-corrected chi connectivity index (χ4v) is 4.34. The summed E-state index contributed by atoms with van der Waals surface area (Å²) in [6.45, 7) is 4.72. The molecule has 2 atom stereocenters. The molecule has 1 aromatic carbocycles. The molecule has 3 aliphatic heterocycles. The lowest BCUT2D eigenvalue weighted by Crippen LogP contribution is -2.43. The van der Waals surface area contributed by atoms with E-state index in [4.69, 9.17) is 4.74 Å². The van der Waals surface area contributed by atoms with Crippen molar-refractivity contribution >= 4 is 0 Å². The lowest BCUT2D eigenvalue weighted by Gasteiger charge is -2.36. The Morgan fingerprint density at radius 3 is 2.85 bits per heavy atom. The Morgan fingerprint density at radius 2 is 2.04 bits per heavy atom. The van der Waals surface area contributed by atoms with Crippen LogP contribution >= 0.6 is 0 Å². The maximum atomic E-state index is 14.3. The Bertz CT molecular complexity index is 739. The minimum atomic E-state index is -0.142. The Hall–Kier alpha value is -1.98. The third-order valence-corrected chi connectivity index (χ3v) is 5.64. The normalized spacial score (nSPS) is 23.8. The highest BCUT2D eigenvalue weighted by atomic mass is 19.1. The van der Waals surface area contributed by atoms with Crippen molar-refractivity contribution in [1.82, 2.24) is 14.8 Å². The Morgan fingerprint density at radius 1 is 1.12 bits per heavy atom. The van der Waals surface area contributed by atoms with Gasteiger partial charge in [0.2, 0.25) is 0 Å². The van der Waals surface area contributed by atoms with E-state index in [2.05, 4.69) is 20.9 Å². The molecule has 138 valence electrons. The van der Waals surface area contributed by atoms with Gasteiger partial charge in [0.15, 0.2) is 0 Å². The van der Waals surface area contributed by atoms with Crippen molar-refractivity contribution < 1.29 is 9.13 Å². The van der Waals surface area contributed by atoms with Crippen LogP contribution in [0.3, 0.4) is 0 Å². The molecule has 0 aliphatic carbocycles. The zero-order valence-electron chi connectivity index (χ0n) is 15.3. The first-order valence-corrected chi connectivity index (χ1v) is 9.40. The van der Waals surface area contributed by atoms with Gasteiger partial charge in [0.25, 0.3) is 0 Å². The quantitative estimate of drug-likeness (QED) is 0.823. The first kappa shape index (κ1) is 17.4. The summed E-state index contributed by atoms with van der Waals surface area (Å²) in [5.41, 5.74) is 1.85. The highest BCUT2D eigenvalue weighted by Gasteiger charge is 2.35. The number of aromatic nitrogens is 1. The summed E-state index contributed by atoms with van der Waals surface area (Å²) in [5.74, 6) is 1.22. The second-order valence-electron chi connectivity index (χ2n) is 7.50. The third-order valence-electron chi connectivity index (χ3n) is 5.64. The molecule has 26 heavy (non-hydrogen) atoms. The molecular formula is C21H26FN3O. The number of piperidine rings is 1. The first-order chi connectivity index (χ1) is 12.7. The Labute approximate surface area is 154 Å². The number of rotatable bonds is 5. The molecule has 5 rings (SSSR count). The van der Waals surface area contributed by atoms with Crippen molar-refractivity contribution in [3.63, 3.8) is 0 Å². The van der Waals surface area contributed by atoms with E-state index < -0.39 is 0 Å². The summed E-state index contributed by atoms with van der Waals surface area (Å²) in [4.78, 5) is 9.46. The van der Waals surface area contributed by atoms with E-state index in [1.54, 1.807) is 13.2 Å². The molecule has 3 fully saturated rings. The molecule has 3 saturated heterocycles. The topological polar surface area (TPSA) is 28.6 Å². The van der Waals surface area contributed by atoms with Gasteiger partial charge in [-0.25, -0.2) is 4.39 Å². The van der Waals surface area contributed by atoms with Crippen LogP contribution in [0.1, 0.15) is 24.1 Å². The lowest BCUT2D eigenvalue weighted by atomic mass is 9.94. The summed E-state index contributed by atoms with van der Waals surface area (Å²) in [6.07, 6.45) is 4.31. The number of halogens is 1. The zero-order chi connectivity index (χ0) is 17.9. The van der Waals surface area contributed by atoms with Crippen LogP contribution in [0.5, 0.6) is 5.75 Å². The molecular weight excluding hydrogens is 329 g/mol. The summed E-state index contributed by atoms with van der Waals surface area (Å²) >= 11 is 0. The highest BCUT2D eigenvalue weighted by molar-refractivity contribution is 5.30. The molecule has 2 bridgehead atoms. The van der Waals surface area contributed by atoms with Crippen LogP contribution in [-0.4, -0.2) is 47.6 Å². The van der Waals surface area contributed by atoms with Gasteiger partial charge >= 0.3 is 0 Å². The molecule has 5 heteroatoms. The van der Waals surface area contributed by atoms with Gasteiger partial charge < -0.3 is 4.74 Å². The van der Waals surface area contributed by atoms with Gasteiger partial charge in [0.1, 0.15) is 11.6 Å². The maximum absolute atomic E-state index is 14.3. The van der Waals surface area contributed by atoms with Gasteiger partial charge in [-0.15, -0.1) is 0 Å². The molecule has 0 N–H and O–H groups in total. The largest absolute Gasteiger partial charge is 0.497 e. The Kier molecular flexibility index (Phi) is 5.18. The number of ether oxygens (including phenoxy) is 1. The number of hydrogen-bond acceptors (Lipinski definition) is 4. The van der Waals surface area contributed by atoms with E-state index in [1.807, 2.05) is 24.4 Å². The molecule has 0 spiro atoms. The molecule has 0 radical (unpaired) electrons. The minimum Gasteiger partial charge on any atom is -0.497 e. The predicted molar refractivity (Wildman–Crippen MR) is 99.4 cm³/mol. The Balaban J connectivity index is 1.47. The van der Waals surface area contributed by atoms with Crippen molar-refractivity contribution in [3.05, 3.63) is 59.7 Å². The van der Waals surface area contributed by atoms with Gasteiger partial charge in [0, 0.05) is 50.5 Å². The molecule has 2 aromatic rings. The van der Waals surface area contributed by atoms with Gasteiger partial charge in [0.05, 0.1) is 12.8 Å². The molecule has 1 aromatic heterocycles. The number of pyridine rings is 1. The van der Waals surface area contributed by atoms with Crippen LogP contribution in [-0.2, 0) is 13.1 Å². The van der Waals surface area contributed by atoms with Crippen LogP contribution in [0.4, 0.5) is 4.39 Å². The summed E-state index contributed by atoms with van der Waals surface area (Å²) in [7, 11) is 1.63. The zero-order valence-corrected chi connectivity index (χ0v) is 15.3. The van der Waals surface area contributed by atoms with Crippen molar-refractivity contribution in [2.75, 3.05) is 26.7 Å². The van der Waals surface area contributed by atoms with Crippen LogP contribution < -0.4 is 4.74 Å². The van der Waals surface area contributed by atoms with Crippen LogP contribution in [0.25, 0.3) is 0 Å². The second kappa shape index (κ2) is 7.72. The molecule has 0 amide bonds. The lowest BCUT2D eigenvalue weighted by molar-refractivity contribution is 0.121. The standard InChI is InChI=1S/C21H26FN3O/c1-26-20-7-8-21(22)17(10-20)13-25-12-16-5-6-19(25)15-24(11-16)14-18-4-2-3-9-23-18/h2-4,7-10,16,19H,5-6,11-15H2,1H3. The number of benzene rings is 1. The number of fused-ring (bicyclic) bond motifs is 4. The summed E-state index contributed by atoms with van der Waals surface area (Å²) in [6, 6.07) is 11.6. The van der Waals surface area contributed by atoms with Gasteiger partial charge in [-0.05, 0) is 49.1 Å². The second-order valence-corrected chi connectivity index (χ2v) is 7.50. The van der Waals surface area contributed by atoms with E-state index in [1.165, 1.54) is 18.9 Å². The van der Waals surface area contributed by atoms with E-state index in [0.29, 0.717) is 18.5 Å². The van der Waals surface area contributed by atoms with Crippen LogP contribution in [0, 0.1) is 11.7 Å². The number of nitrogens with zero attached hydrogens (tertiary/aromatic N) is 3. The van der Waals surface area contributed by atoms with E-state index in [-0.39, 0.29) is 5.82 Å². The van der Waals surface area contributed by atoms with Crippen molar-refractivity contribution in [2.24, 2.45) is 5.92 Å². The molecule has 4 heterocycles. The fraction of sp³-hybridized carbons (Fsp3) is 0.476. The van der Waals surface area contributed by atoms with Gasteiger partial charge in [-0.2, -0.15) is 0 Å². The van der Waals surface area contributed by atoms with Gasteiger partial charge in [-0.3, -0.25) is 14.8 Å². The van der Waals surface area contributed by atoms with E-state index >= 15 is 0 Å². The van der Waals surface area contributed by atoms with E-state index in [0.717, 1.165) is 43.2 Å². The molecule has 4 nitrogen and oxygen atoms in total. The SMILES string of the molecule is COc1ccc(F)c(CN2CC3CCC2CN(Cc2ccccn2)C3)c1. The third kappa shape index (κ3) is 3.89. The van der Waals surface area contributed by atoms with Crippen molar-refractivity contribution in [2.45, 2.75) is 32.0 Å². The predicted octanol–water partition coefficient (Wildman–Crippen LogP) is 3.33. The van der Waals surface area contributed by atoms with Crippen molar-refractivity contribution in [3.8, 4) is 5.75 Å². The summed E-state index contributed by atoms with van der Waals surface area (Å²) in [5, 5.41) is 0. The van der Waals surface area contributed by atoms with E-state index in [9.17, 15) is 4.39 Å². The highest BCUT2D eigenvalue weighted by Crippen LogP contribution is 2.30. The fourth-order valence-electron chi connectivity index (χ4n) is 4.34.